The fourth-order valence-electron chi connectivity index (χ4n) is 8.76. The minimum absolute atomic E-state index is 0.594. The van der Waals surface area contributed by atoms with Crippen molar-refractivity contribution in [3.05, 3.63) is 193 Å². The van der Waals surface area contributed by atoms with Gasteiger partial charge in [0.2, 0.25) is 0 Å². The summed E-state index contributed by atoms with van der Waals surface area (Å²) in [4.78, 5) is 3.69. The molecule has 11 rings (SSSR count). The van der Waals surface area contributed by atoms with E-state index in [2.05, 4.69) is 170 Å². The molecule has 0 spiro atoms. The second-order valence-electron chi connectivity index (χ2n) is 14.0. The topological polar surface area (TPSA) is 42.9 Å². The van der Waals surface area contributed by atoms with Gasteiger partial charge in [0.1, 0.15) is 6.07 Å². The smallest absolute Gasteiger partial charge is 0.188 e. The van der Waals surface area contributed by atoms with E-state index in [4.69, 9.17) is 6.57 Å². The van der Waals surface area contributed by atoms with Crippen molar-refractivity contribution in [1.82, 2.24) is 13.7 Å². The number of para-hydroxylation sites is 4. The summed E-state index contributed by atoms with van der Waals surface area (Å²) in [7, 11) is 0. The fraction of sp³-hybridized carbons (Fsp3) is 0. The van der Waals surface area contributed by atoms with Crippen LogP contribution < -0.4 is 0 Å². The molecule has 3 heterocycles. The lowest BCUT2D eigenvalue weighted by Crippen LogP contribution is -1.99. The van der Waals surface area contributed by atoms with E-state index in [9.17, 15) is 5.26 Å². The highest BCUT2D eigenvalue weighted by Gasteiger charge is 2.21. The summed E-state index contributed by atoms with van der Waals surface area (Å²) in [6.45, 7) is 7.58. The third kappa shape index (κ3) is 4.45. The van der Waals surface area contributed by atoms with Crippen LogP contribution in [0.3, 0.4) is 0 Å². The van der Waals surface area contributed by atoms with Crippen LogP contribution in [-0.4, -0.2) is 13.7 Å². The van der Waals surface area contributed by atoms with E-state index in [0.29, 0.717) is 11.3 Å². The molecule has 0 fully saturated rings. The Morgan fingerprint density at radius 1 is 0.418 bits per heavy atom. The molecule has 254 valence electrons. The Morgan fingerprint density at radius 2 is 0.964 bits per heavy atom. The molecule has 8 aromatic carbocycles. The van der Waals surface area contributed by atoms with Crippen LogP contribution in [0.4, 0.5) is 5.69 Å². The van der Waals surface area contributed by atoms with Crippen LogP contribution in [0.2, 0.25) is 0 Å². The molecule has 0 atom stereocenters. The molecule has 0 unspecified atom stereocenters. The van der Waals surface area contributed by atoms with Crippen LogP contribution in [0.25, 0.3) is 98.5 Å². The molecule has 0 N–H and O–H groups in total. The number of rotatable bonds is 4. The molecule has 5 nitrogen and oxygen atoms in total. The third-order valence-corrected chi connectivity index (χ3v) is 11.1. The SMILES string of the molecule is [C-]#[N+]c1ccc2c(c1)c1ccccc1n2-c1cccc(-c2ccc(-n3c4ccccc4c4c(-n5c6ccccc6c6ccccc65)cccc43)c(C#N)c2)c1. The van der Waals surface area contributed by atoms with Crippen molar-refractivity contribution < 1.29 is 0 Å². The molecular formula is C50H29N5. The molecule has 55 heavy (non-hydrogen) atoms. The average Bonchev–Trinajstić information content (AvgIpc) is 3.89. The minimum Gasteiger partial charge on any atom is -0.309 e. The molecule has 5 heteroatoms. The zero-order valence-electron chi connectivity index (χ0n) is 29.5. The Labute approximate surface area is 316 Å². The zero-order chi connectivity index (χ0) is 36.6. The van der Waals surface area contributed by atoms with Crippen LogP contribution in [0.15, 0.2) is 176 Å². The molecule has 0 aliphatic heterocycles. The van der Waals surface area contributed by atoms with E-state index < -0.39 is 0 Å². The second-order valence-corrected chi connectivity index (χ2v) is 14.0. The minimum atomic E-state index is 0.594. The number of hydrogen-bond donors (Lipinski definition) is 0. The van der Waals surface area contributed by atoms with Gasteiger partial charge in [-0.1, -0.05) is 103 Å². The summed E-state index contributed by atoms with van der Waals surface area (Å²) >= 11 is 0. The van der Waals surface area contributed by atoms with Gasteiger partial charge in [-0.25, -0.2) is 4.85 Å². The Morgan fingerprint density at radius 3 is 1.65 bits per heavy atom. The van der Waals surface area contributed by atoms with E-state index in [1.807, 2.05) is 30.3 Å². The lowest BCUT2D eigenvalue weighted by Gasteiger charge is -2.14. The maximum Gasteiger partial charge on any atom is 0.188 e. The molecule has 0 amide bonds. The quantitative estimate of drug-likeness (QED) is 0.169. The van der Waals surface area contributed by atoms with Crippen molar-refractivity contribution in [1.29, 1.82) is 5.26 Å². The molecule has 3 aromatic heterocycles. The van der Waals surface area contributed by atoms with Gasteiger partial charge in [-0.3, -0.25) is 0 Å². The Hall–Kier alpha value is -7.86. The number of hydrogen-bond acceptors (Lipinski definition) is 1. The molecule has 0 aliphatic carbocycles. The fourth-order valence-corrected chi connectivity index (χ4v) is 8.76. The number of nitriles is 1. The van der Waals surface area contributed by atoms with Crippen LogP contribution in [0.5, 0.6) is 0 Å². The van der Waals surface area contributed by atoms with Crippen LogP contribution in [-0.2, 0) is 0 Å². The summed E-state index contributed by atoms with van der Waals surface area (Å²) in [5.74, 6) is 0. The van der Waals surface area contributed by atoms with E-state index in [-0.39, 0.29) is 0 Å². The first-order valence-corrected chi connectivity index (χ1v) is 18.3. The van der Waals surface area contributed by atoms with Crippen LogP contribution in [0, 0.1) is 17.9 Å². The van der Waals surface area contributed by atoms with Crippen molar-refractivity contribution in [2.45, 2.75) is 0 Å². The summed E-state index contributed by atoms with van der Waals surface area (Å²) in [6.07, 6.45) is 0. The van der Waals surface area contributed by atoms with Gasteiger partial charge in [-0.2, -0.15) is 5.26 Å². The number of benzene rings is 8. The predicted molar refractivity (Wildman–Crippen MR) is 226 cm³/mol. The van der Waals surface area contributed by atoms with Gasteiger partial charge in [-0.15, -0.1) is 0 Å². The number of nitrogens with zero attached hydrogens (tertiary/aromatic N) is 5. The molecule has 0 bridgehead atoms. The van der Waals surface area contributed by atoms with Crippen molar-refractivity contribution in [2.75, 3.05) is 0 Å². The number of aromatic nitrogens is 3. The van der Waals surface area contributed by atoms with Gasteiger partial charge < -0.3 is 13.7 Å². The highest BCUT2D eigenvalue weighted by atomic mass is 15.0. The normalized spacial score (nSPS) is 11.6. The van der Waals surface area contributed by atoms with Gasteiger partial charge in [0.25, 0.3) is 0 Å². The summed E-state index contributed by atoms with van der Waals surface area (Å²) < 4.78 is 6.89. The third-order valence-electron chi connectivity index (χ3n) is 11.1. The molecule has 0 saturated heterocycles. The van der Waals surface area contributed by atoms with Crippen LogP contribution >= 0.6 is 0 Å². The summed E-state index contributed by atoms with van der Waals surface area (Å²) in [5.41, 5.74) is 12.7. The predicted octanol–water partition coefficient (Wildman–Crippen LogP) is 13.1. The van der Waals surface area contributed by atoms with Crippen molar-refractivity contribution in [3.8, 4) is 34.3 Å². The maximum atomic E-state index is 10.8. The summed E-state index contributed by atoms with van der Waals surface area (Å²) in [6, 6.07) is 63.7. The average molecular weight is 700 g/mol. The highest BCUT2D eigenvalue weighted by Crippen LogP contribution is 2.41. The van der Waals surface area contributed by atoms with Gasteiger partial charge in [-0.05, 0) is 89.3 Å². The Balaban J connectivity index is 1.09. The van der Waals surface area contributed by atoms with E-state index in [0.717, 1.165) is 82.8 Å². The molecule has 0 saturated carbocycles. The first-order valence-electron chi connectivity index (χ1n) is 18.3. The Kier molecular flexibility index (Phi) is 6.61. The largest absolute Gasteiger partial charge is 0.309 e. The van der Waals surface area contributed by atoms with Crippen molar-refractivity contribution >= 4 is 71.1 Å². The van der Waals surface area contributed by atoms with E-state index in [1.54, 1.807) is 0 Å². The lowest BCUT2D eigenvalue weighted by molar-refractivity contribution is 1.16. The lowest BCUT2D eigenvalue weighted by atomic mass is 10.0. The highest BCUT2D eigenvalue weighted by molar-refractivity contribution is 6.16. The van der Waals surface area contributed by atoms with Gasteiger partial charge >= 0.3 is 0 Å². The van der Waals surface area contributed by atoms with Crippen LogP contribution in [0.1, 0.15) is 5.56 Å². The van der Waals surface area contributed by atoms with Crippen molar-refractivity contribution in [2.24, 2.45) is 0 Å². The Bertz CT molecular complexity index is 3420. The second kappa shape index (κ2) is 11.8. The maximum absolute atomic E-state index is 10.8. The standard InChI is InChI=1S/C50H29N5/c1-52-35-25-27-47-41(30-35)39-16-4-6-18-43(39)53(47)36-13-10-12-32(29-36)33-24-26-42(34(28-33)31-51)54-46-21-9-5-17-40(46)50-48(54)22-11-23-49(50)55-44-19-7-2-14-37(44)38-15-3-8-20-45(38)55/h2-30H. The first-order chi connectivity index (χ1) is 27.2. The molecule has 11 aromatic rings. The monoisotopic (exact) mass is 699 g/mol. The summed E-state index contributed by atoms with van der Waals surface area (Å²) in [5, 5.41) is 17.6. The first kappa shape index (κ1) is 30.7. The molecule has 0 radical (unpaired) electrons. The van der Waals surface area contributed by atoms with Gasteiger partial charge in [0.15, 0.2) is 5.69 Å². The van der Waals surface area contributed by atoms with Crippen molar-refractivity contribution in [3.63, 3.8) is 0 Å². The van der Waals surface area contributed by atoms with Gasteiger partial charge in [0, 0.05) is 32.6 Å². The van der Waals surface area contributed by atoms with E-state index >= 15 is 0 Å². The van der Waals surface area contributed by atoms with Gasteiger partial charge in [0.05, 0.1) is 56.6 Å². The van der Waals surface area contributed by atoms with E-state index in [1.165, 1.54) is 10.8 Å². The zero-order valence-corrected chi connectivity index (χ0v) is 29.5. The molecular weight excluding hydrogens is 671 g/mol. The molecule has 0 aliphatic rings. The number of fused-ring (bicyclic) bond motifs is 9.